The average Bonchev–Trinajstić information content (AvgIpc) is 2.86. The fraction of sp³-hybridized carbons (Fsp3) is 0.417. The number of rotatable bonds is 9. The van der Waals surface area contributed by atoms with E-state index < -0.39 is 6.10 Å². The Hall–Kier alpha value is -2.62. The molecule has 1 amide bonds. The molecular weight excluding hydrogens is 490 g/mol. The van der Waals surface area contributed by atoms with E-state index in [1.165, 1.54) is 7.11 Å². The fourth-order valence-electron chi connectivity index (χ4n) is 3.64. The second-order valence-electron chi connectivity index (χ2n) is 7.39. The zero-order valence-electron chi connectivity index (χ0n) is 19.4. The number of hydrazone groups is 1. The Labute approximate surface area is 203 Å². The van der Waals surface area contributed by atoms with E-state index in [0.29, 0.717) is 23.6 Å². The molecule has 1 atom stereocenters. The van der Waals surface area contributed by atoms with E-state index in [1.807, 2.05) is 43.3 Å². The molecule has 1 N–H and O–H groups in total. The number of halogens is 1. The zero-order chi connectivity index (χ0) is 23.8. The molecule has 0 aromatic heterocycles. The van der Waals surface area contributed by atoms with Gasteiger partial charge in [-0.25, -0.2) is 5.43 Å². The van der Waals surface area contributed by atoms with E-state index in [-0.39, 0.29) is 5.91 Å². The van der Waals surface area contributed by atoms with Crippen LogP contribution in [0.5, 0.6) is 11.5 Å². The van der Waals surface area contributed by atoms with Crippen LogP contribution in [-0.2, 0) is 14.3 Å². The predicted octanol–water partition coefficient (Wildman–Crippen LogP) is 3.92. The highest BCUT2D eigenvalue weighted by Gasteiger charge is 2.21. The Balaban J connectivity index is 1.75. The molecule has 2 aromatic carbocycles. The van der Waals surface area contributed by atoms with Gasteiger partial charge in [0.1, 0.15) is 16.0 Å². The maximum atomic E-state index is 12.9. The van der Waals surface area contributed by atoms with Crippen LogP contribution >= 0.6 is 15.9 Å². The normalized spacial score (nSPS) is 15.2. The second kappa shape index (κ2) is 12.0. The molecule has 0 bridgehead atoms. The van der Waals surface area contributed by atoms with Crippen LogP contribution in [-0.4, -0.2) is 59.3 Å². The second-order valence-corrected chi connectivity index (χ2v) is 8.18. The number of carbonyl (C=O) groups excluding carboxylic acids is 1. The lowest BCUT2D eigenvalue weighted by molar-refractivity contribution is -0.131. The van der Waals surface area contributed by atoms with Crippen molar-refractivity contribution >= 4 is 33.2 Å². The molecule has 0 spiro atoms. The SMILES string of the molecule is CC/C(=N\NC(=O)C(OC)c1ccc(N2CCOCC2)cc1)c1cc(OC)c(Br)c(OC)c1. The van der Waals surface area contributed by atoms with Crippen LogP contribution in [0.2, 0.25) is 0 Å². The van der Waals surface area contributed by atoms with Gasteiger partial charge in [0.15, 0.2) is 6.10 Å². The van der Waals surface area contributed by atoms with Crippen molar-refractivity contribution in [1.82, 2.24) is 5.43 Å². The number of ether oxygens (including phenoxy) is 4. The van der Waals surface area contributed by atoms with Crippen LogP contribution in [0.25, 0.3) is 0 Å². The molecular formula is C24H30BrN3O5. The first-order valence-electron chi connectivity index (χ1n) is 10.8. The van der Waals surface area contributed by atoms with Crippen LogP contribution in [0.4, 0.5) is 5.69 Å². The number of benzene rings is 2. The van der Waals surface area contributed by atoms with Gasteiger partial charge in [0.2, 0.25) is 0 Å². The summed E-state index contributed by atoms with van der Waals surface area (Å²) in [4.78, 5) is 15.1. The molecule has 0 radical (unpaired) electrons. The molecule has 33 heavy (non-hydrogen) atoms. The summed E-state index contributed by atoms with van der Waals surface area (Å²) in [5.41, 5.74) is 5.98. The van der Waals surface area contributed by atoms with Gasteiger partial charge in [-0.3, -0.25) is 4.79 Å². The minimum atomic E-state index is -0.778. The van der Waals surface area contributed by atoms with Gasteiger partial charge in [0.25, 0.3) is 5.91 Å². The zero-order valence-corrected chi connectivity index (χ0v) is 21.0. The van der Waals surface area contributed by atoms with Gasteiger partial charge in [0.05, 0.1) is 33.1 Å². The number of nitrogens with zero attached hydrogens (tertiary/aromatic N) is 2. The summed E-state index contributed by atoms with van der Waals surface area (Å²) in [5, 5.41) is 4.37. The van der Waals surface area contributed by atoms with Gasteiger partial charge >= 0.3 is 0 Å². The summed E-state index contributed by atoms with van der Waals surface area (Å²) in [6.45, 7) is 5.11. The van der Waals surface area contributed by atoms with E-state index in [4.69, 9.17) is 18.9 Å². The fourth-order valence-corrected chi connectivity index (χ4v) is 4.19. The summed E-state index contributed by atoms with van der Waals surface area (Å²) >= 11 is 3.47. The van der Waals surface area contributed by atoms with Gasteiger partial charge in [-0.15, -0.1) is 0 Å². The third kappa shape index (κ3) is 6.04. The quantitative estimate of drug-likeness (QED) is 0.399. The highest BCUT2D eigenvalue weighted by molar-refractivity contribution is 9.10. The smallest absolute Gasteiger partial charge is 0.273 e. The third-order valence-corrected chi connectivity index (χ3v) is 6.24. The number of nitrogens with one attached hydrogen (secondary N) is 1. The van der Waals surface area contributed by atoms with Gasteiger partial charge in [-0.05, 0) is 52.2 Å². The lowest BCUT2D eigenvalue weighted by Gasteiger charge is -2.29. The number of carbonyl (C=O) groups is 1. The van der Waals surface area contributed by atoms with Crippen molar-refractivity contribution in [3.05, 3.63) is 52.0 Å². The van der Waals surface area contributed by atoms with E-state index in [0.717, 1.165) is 47.6 Å². The van der Waals surface area contributed by atoms with E-state index in [2.05, 4.69) is 31.4 Å². The summed E-state index contributed by atoms with van der Waals surface area (Å²) < 4.78 is 22.4. The third-order valence-electron chi connectivity index (χ3n) is 5.46. The molecule has 9 heteroatoms. The van der Waals surface area contributed by atoms with Crippen molar-refractivity contribution in [2.45, 2.75) is 19.4 Å². The minimum absolute atomic E-state index is 0.349. The summed E-state index contributed by atoms with van der Waals surface area (Å²) in [6, 6.07) is 11.5. The average molecular weight is 520 g/mol. The molecule has 1 heterocycles. The number of morpholine rings is 1. The molecule has 2 aromatic rings. The van der Waals surface area contributed by atoms with E-state index in [9.17, 15) is 4.79 Å². The van der Waals surface area contributed by atoms with Crippen LogP contribution in [0.3, 0.4) is 0 Å². The minimum Gasteiger partial charge on any atom is -0.495 e. The maximum absolute atomic E-state index is 12.9. The lowest BCUT2D eigenvalue weighted by atomic mass is 10.1. The topological polar surface area (TPSA) is 81.6 Å². The van der Waals surface area contributed by atoms with Crippen LogP contribution in [0, 0.1) is 0 Å². The molecule has 0 saturated carbocycles. The monoisotopic (exact) mass is 519 g/mol. The van der Waals surface area contributed by atoms with Crippen LogP contribution in [0.1, 0.15) is 30.6 Å². The van der Waals surface area contributed by atoms with Gasteiger partial charge in [-0.2, -0.15) is 5.10 Å². The van der Waals surface area contributed by atoms with E-state index in [1.54, 1.807) is 14.2 Å². The Morgan fingerprint density at radius 3 is 2.24 bits per heavy atom. The van der Waals surface area contributed by atoms with Crippen molar-refractivity contribution in [2.75, 3.05) is 52.5 Å². The highest BCUT2D eigenvalue weighted by Crippen LogP contribution is 2.36. The molecule has 1 unspecified atom stereocenters. The standard InChI is InChI=1S/C24H30BrN3O5/c1-5-19(17-14-20(30-2)22(25)21(15-17)31-3)26-27-24(29)23(32-4)16-6-8-18(9-7-16)28-10-12-33-13-11-28/h6-9,14-15,23H,5,10-13H2,1-4H3,(H,27,29)/b26-19+. The number of hydrogen-bond donors (Lipinski definition) is 1. The van der Waals surface area contributed by atoms with Gasteiger partial charge < -0.3 is 23.8 Å². The van der Waals surface area contributed by atoms with Crippen LogP contribution < -0.4 is 19.8 Å². The molecule has 1 aliphatic rings. The van der Waals surface area contributed by atoms with Crippen molar-refractivity contribution in [1.29, 1.82) is 0 Å². The number of hydrogen-bond acceptors (Lipinski definition) is 7. The first-order chi connectivity index (χ1) is 16.0. The molecule has 1 saturated heterocycles. The molecule has 8 nitrogen and oxygen atoms in total. The molecule has 1 aliphatic heterocycles. The van der Waals surface area contributed by atoms with Crippen molar-refractivity contribution in [3.8, 4) is 11.5 Å². The Morgan fingerprint density at radius 2 is 1.73 bits per heavy atom. The number of amides is 1. The highest BCUT2D eigenvalue weighted by atomic mass is 79.9. The van der Waals surface area contributed by atoms with Gasteiger partial charge in [-0.1, -0.05) is 19.1 Å². The van der Waals surface area contributed by atoms with Crippen LogP contribution in [0.15, 0.2) is 46.0 Å². The Kier molecular flexibility index (Phi) is 9.11. The molecule has 178 valence electrons. The number of anilines is 1. The first-order valence-corrected chi connectivity index (χ1v) is 11.5. The van der Waals surface area contributed by atoms with Crippen molar-refractivity contribution < 1.29 is 23.7 Å². The molecule has 3 rings (SSSR count). The first kappa shape index (κ1) is 25.0. The van der Waals surface area contributed by atoms with Crippen molar-refractivity contribution in [3.63, 3.8) is 0 Å². The molecule has 0 aliphatic carbocycles. The Morgan fingerprint density at radius 1 is 1.12 bits per heavy atom. The maximum Gasteiger partial charge on any atom is 0.273 e. The van der Waals surface area contributed by atoms with Crippen molar-refractivity contribution in [2.24, 2.45) is 5.10 Å². The number of methoxy groups -OCH3 is 3. The van der Waals surface area contributed by atoms with Gasteiger partial charge in [0, 0.05) is 31.5 Å². The predicted molar refractivity (Wildman–Crippen MR) is 131 cm³/mol. The molecule has 1 fully saturated rings. The lowest BCUT2D eigenvalue weighted by Crippen LogP contribution is -2.36. The summed E-state index contributed by atoms with van der Waals surface area (Å²) in [6.07, 6.45) is -0.181. The summed E-state index contributed by atoms with van der Waals surface area (Å²) in [5.74, 6) is 0.887. The van der Waals surface area contributed by atoms with E-state index >= 15 is 0 Å². The largest absolute Gasteiger partial charge is 0.495 e. The Bertz CT molecular complexity index is 950. The summed E-state index contributed by atoms with van der Waals surface area (Å²) in [7, 11) is 4.68.